The number of nitrogens with one attached hydrogen (secondary N) is 3. The first-order valence-corrected chi connectivity index (χ1v) is 9.11. The number of hydrogen-bond donors (Lipinski definition) is 3. The third-order valence-electron chi connectivity index (χ3n) is 3.51. The molecule has 2 aromatic rings. The summed E-state index contributed by atoms with van der Waals surface area (Å²) >= 11 is 0. The molecule has 0 fully saturated rings. The maximum absolute atomic E-state index is 12.2. The van der Waals surface area contributed by atoms with Gasteiger partial charge in [-0.1, -0.05) is 0 Å². The highest BCUT2D eigenvalue weighted by molar-refractivity contribution is 5.99. The minimum atomic E-state index is -0.606. The average molecular weight is 399 g/mol. The van der Waals surface area contributed by atoms with Gasteiger partial charge in [-0.15, -0.1) is 0 Å². The van der Waals surface area contributed by atoms with Crippen LogP contribution in [0.3, 0.4) is 0 Å². The van der Waals surface area contributed by atoms with E-state index in [1.807, 2.05) is 6.92 Å². The number of rotatable bonds is 5. The maximum atomic E-state index is 12.2. The Morgan fingerprint density at radius 3 is 1.76 bits per heavy atom. The van der Waals surface area contributed by atoms with Crippen molar-refractivity contribution in [3.63, 3.8) is 0 Å². The molecule has 0 heterocycles. The van der Waals surface area contributed by atoms with Crippen molar-refractivity contribution in [3.05, 3.63) is 59.7 Å². The van der Waals surface area contributed by atoms with Crippen LogP contribution in [0.1, 0.15) is 48.4 Å². The summed E-state index contributed by atoms with van der Waals surface area (Å²) in [5, 5.41) is 2.58. The summed E-state index contributed by atoms with van der Waals surface area (Å²) in [4.78, 5) is 36.0. The van der Waals surface area contributed by atoms with E-state index in [0.717, 1.165) is 0 Å². The molecule has 0 spiro atoms. The van der Waals surface area contributed by atoms with E-state index < -0.39 is 23.5 Å². The summed E-state index contributed by atoms with van der Waals surface area (Å²) in [5.41, 5.74) is 5.27. The first kappa shape index (κ1) is 21.7. The number of carbonyl (C=O) groups excluding carboxylic acids is 3. The van der Waals surface area contributed by atoms with Crippen LogP contribution in [0, 0.1) is 0 Å². The lowest BCUT2D eigenvalue weighted by Crippen LogP contribution is -2.41. The van der Waals surface area contributed by atoms with Gasteiger partial charge in [0.25, 0.3) is 11.8 Å². The molecule has 2 rings (SSSR count). The van der Waals surface area contributed by atoms with Gasteiger partial charge < -0.3 is 9.47 Å². The number of carbonyl (C=O) groups is 3. The van der Waals surface area contributed by atoms with Gasteiger partial charge in [0.05, 0.1) is 6.61 Å². The molecule has 0 aliphatic rings. The van der Waals surface area contributed by atoms with Crippen molar-refractivity contribution >= 4 is 23.6 Å². The molecule has 154 valence electrons. The van der Waals surface area contributed by atoms with Crippen LogP contribution in [0.25, 0.3) is 0 Å². The van der Waals surface area contributed by atoms with Gasteiger partial charge in [0.1, 0.15) is 11.4 Å². The number of anilines is 1. The SMILES string of the molecule is CCOc1ccc(C(=O)NNC(=O)c2ccc(NC(=O)OC(C)(C)C)cc2)cc1. The number of hydrogen-bond acceptors (Lipinski definition) is 5. The molecule has 0 saturated heterocycles. The predicted molar refractivity (Wildman–Crippen MR) is 109 cm³/mol. The van der Waals surface area contributed by atoms with Crippen molar-refractivity contribution in [2.24, 2.45) is 0 Å². The zero-order valence-electron chi connectivity index (χ0n) is 16.9. The number of amides is 3. The van der Waals surface area contributed by atoms with Gasteiger partial charge in [0.15, 0.2) is 0 Å². The van der Waals surface area contributed by atoms with E-state index in [-0.39, 0.29) is 0 Å². The second kappa shape index (κ2) is 9.59. The average Bonchev–Trinajstić information content (AvgIpc) is 2.65. The third kappa shape index (κ3) is 7.17. The van der Waals surface area contributed by atoms with Crippen LogP contribution in [0.5, 0.6) is 5.75 Å². The Hall–Kier alpha value is -3.55. The number of benzene rings is 2. The van der Waals surface area contributed by atoms with E-state index >= 15 is 0 Å². The van der Waals surface area contributed by atoms with Crippen molar-refractivity contribution in [1.29, 1.82) is 0 Å². The van der Waals surface area contributed by atoms with Gasteiger partial charge in [-0.3, -0.25) is 25.8 Å². The van der Waals surface area contributed by atoms with Gasteiger partial charge in [-0.25, -0.2) is 4.79 Å². The van der Waals surface area contributed by atoms with Crippen LogP contribution in [0.15, 0.2) is 48.5 Å². The maximum Gasteiger partial charge on any atom is 0.412 e. The standard InChI is InChI=1S/C21H25N3O5/c1-5-28-17-12-8-15(9-13-17)19(26)24-23-18(25)14-6-10-16(11-7-14)22-20(27)29-21(2,3)4/h6-13H,5H2,1-4H3,(H,22,27)(H,23,25)(H,24,26). The highest BCUT2D eigenvalue weighted by Crippen LogP contribution is 2.13. The van der Waals surface area contributed by atoms with Crippen molar-refractivity contribution < 1.29 is 23.9 Å². The quantitative estimate of drug-likeness (QED) is 0.667. The summed E-state index contributed by atoms with van der Waals surface area (Å²) in [6.07, 6.45) is -0.586. The van der Waals surface area contributed by atoms with E-state index in [4.69, 9.17) is 9.47 Å². The minimum Gasteiger partial charge on any atom is -0.494 e. The molecule has 3 amide bonds. The molecule has 29 heavy (non-hydrogen) atoms. The zero-order chi connectivity index (χ0) is 21.4. The molecule has 2 aromatic carbocycles. The van der Waals surface area contributed by atoms with Crippen molar-refractivity contribution in [2.45, 2.75) is 33.3 Å². The fourth-order valence-electron chi connectivity index (χ4n) is 2.25. The van der Waals surface area contributed by atoms with Gasteiger partial charge in [0.2, 0.25) is 0 Å². The van der Waals surface area contributed by atoms with Crippen LogP contribution in [-0.2, 0) is 4.74 Å². The van der Waals surface area contributed by atoms with Crippen LogP contribution in [0.2, 0.25) is 0 Å². The molecule has 0 aliphatic carbocycles. The molecule has 8 heteroatoms. The van der Waals surface area contributed by atoms with E-state index in [2.05, 4.69) is 16.2 Å². The summed E-state index contributed by atoms with van der Waals surface area (Å²) in [6.45, 7) is 7.70. The van der Waals surface area contributed by atoms with Crippen LogP contribution < -0.4 is 20.9 Å². The molecule has 0 aromatic heterocycles. The van der Waals surface area contributed by atoms with Gasteiger partial charge in [-0.2, -0.15) is 0 Å². The Morgan fingerprint density at radius 2 is 1.31 bits per heavy atom. The monoisotopic (exact) mass is 399 g/mol. The fraction of sp³-hybridized carbons (Fsp3) is 0.286. The van der Waals surface area contributed by atoms with Crippen molar-refractivity contribution in [3.8, 4) is 5.75 Å². The Bertz CT molecular complexity index is 855. The second-order valence-electron chi connectivity index (χ2n) is 7.07. The van der Waals surface area contributed by atoms with Gasteiger partial charge >= 0.3 is 6.09 Å². The molecule has 0 saturated carbocycles. The molecule has 3 N–H and O–H groups in total. The molecule has 0 radical (unpaired) electrons. The Kier molecular flexibility index (Phi) is 7.19. The highest BCUT2D eigenvalue weighted by atomic mass is 16.6. The molecule has 8 nitrogen and oxygen atoms in total. The number of hydrazine groups is 1. The lowest BCUT2D eigenvalue weighted by atomic mass is 10.2. The lowest BCUT2D eigenvalue weighted by molar-refractivity contribution is 0.0635. The van der Waals surface area contributed by atoms with E-state index in [1.54, 1.807) is 57.2 Å². The number of ether oxygens (including phenoxy) is 2. The van der Waals surface area contributed by atoms with Crippen molar-refractivity contribution in [2.75, 3.05) is 11.9 Å². The third-order valence-corrected chi connectivity index (χ3v) is 3.51. The van der Waals surface area contributed by atoms with Crippen LogP contribution >= 0.6 is 0 Å². The predicted octanol–water partition coefficient (Wildman–Crippen LogP) is 3.51. The van der Waals surface area contributed by atoms with Crippen LogP contribution in [-0.4, -0.2) is 30.1 Å². The van der Waals surface area contributed by atoms with Crippen LogP contribution in [0.4, 0.5) is 10.5 Å². The van der Waals surface area contributed by atoms with Crippen molar-refractivity contribution in [1.82, 2.24) is 10.9 Å². The molecule has 0 unspecified atom stereocenters. The molecule has 0 bridgehead atoms. The van der Waals surface area contributed by atoms with E-state index in [1.165, 1.54) is 12.1 Å². The fourth-order valence-corrected chi connectivity index (χ4v) is 2.25. The van der Waals surface area contributed by atoms with E-state index in [9.17, 15) is 14.4 Å². The Balaban J connectivity index is 1.87. The first-order valence-electron chi connectivity index (χ1n) is 9.11. The molecular weight excluding hydrogens is 374 g/mol. The molecular formula is C21H25N3O5. The van der Waals surface area contributed by atoms with Gasteiger partial charge in [0, 0.05) is 16.8 Å². The van der Waals surface area contributed by atoms with Gasteiger partial charge in [-0.05, 0) is 76.2 Å². The first-order chi connectivity index (χ1) is 13.7. The normalized spacial score (nSPS) is 10.6. The second-order valence-corrected chi connectivity index (χ2v) is 7.07. The molecule has 0 aliphatic heterocycles. The highest BCUT2D eigenvalue weighted by Gasteiger charge is 2.16. The topological polar surface area (TPSA) is 106 Å². The largest absolute Gasteiger partial charge is 0.494 e. The zero-order valence-corrected chi connectivity index (χ0v) is 16.9. The summed E-state index contributed by atoms with van der Waals surface area (Å²) in [7, 11) is 0. The molecule has 0 atom stereocenters. The summed E-state index contributed by atoms with van der Waals surface area (Å²) in [6, 6.07) is 12.7. The Morgan fingerprint density at radius 1 is 0.828 bits per heavy atom. The minimum absolute atomic E-state index is 0.312. The lowest BCUT2D eigenvalue weighted by Gasteiger charge is -2.19. The summed E-state index contributed by atoms with van der Waals surface area (Å²) < 4.78 is 10.5. The van der Waals surface area contributed by atoms with E-state index in [0.29, 0.717) is 29.2 Å². The smallest absolute Gasteiger partial charge is 0.412 e. The Labute approximate surface area is 169 Å². The summed E-state index contributed by atoms with van der Waals surface area (Å²) in [5.74, 6) is -0.286.